The van der Waals surface area contributed by atoms with Crippen molar-refractivity contribution in [3.05, 3.63) is 24.2 Å². The first kappa shape index (κ1) is 10.2. The van der Waals surface area contributed by atoms with Crippen molar-refractivity contribution in [2.45, 2.75) is 6.54 Å². The molecular weight excluding hydrogens is 170 g/mol. The van der Waals surface area contributed by atoms with E-state index in [-0.39, 0.29) is 13.2 Å². The highest BCUT2D eigenvalue weighted by atomic mass is 16.3. The second-order valence-electron chi connectivity index (χ2n) is 2.85. The van der Waals surface area contributed by atoms with E-state index in [1.807, 2.05) is 11.0 Å². The first-order valence-electron chi connectivity index (χ1n) is 4.32. The molecule has 74 valence electrons. The lowest BCUT2D eigenvalue weighted by Gasteiger charge is -2.18. The number of hydrogen-bond donors (Lipinski definition) is 2. The van der Waals surface area contributed by atoms with Gasteiger partial charge in [-0.1, -0.05) is 0 Å². The smallest absolute Gasteiger partial charge is 0.0947 e. The number of hydrogen-bond acceptors (Lipinski definition) is 4. The number of aliphatic hydroxyl groups is 2. The maximum Gasteiger partial charge on any atom is 0.0947 e. The fourth-order valence-corrected chi connectivity index (χ4v) is 1.19. The fourth-order valence-electron chi connectivity index (χ4n) is 1.19. The molecule has 0 atom stereocenters. The number of aliphatic hydroxyl groups excluding tert-OH is 2. The Balaban J connectivity index is 2.37. The molecule has 0 aromatic carbocycles. The molecule has 1 rings (SSSR count). The van der Waals surface area contributed by atoms with Gasteiger partial charge in [0.1, 0.15) is 0 Å². The van der Waals surface area contributed by atoms with Crippen LogP contribution in [0, 0.1) is 0 Å². The van der Waals surface area contributed by atoms with Gasteiger partial charge in [-0.25, -0.2) is 0 Å². The topological polar surface area (TPSA) is 56.8 Å². The normalized spacial score (nSPS) is 11.0. The predicted molar refractivity (Wildman–Crippen MR) is 48.2 cm³/mol. The molecule has 0 unspecified atom stereocenters. The summed E-state index contributed by atoms with van der Waals surface area (Å²) in [6.07, 6.45) is 3.28. The summed E-state index contributed by atoms with van der Waals surface area (Å²) in [5, 5.41) is 17.5. The molecule has 0 aliphatic carbocycles. The number of rotatable bonds is 6. The van der Waals surface area contributed by atoms with E-state index in [9.17, 15) is 0 Å². The van der Waals surface area contributed by atoms with Gasteiger partial charge in [-0.3, -0.25) is 4.90 Å². The minimum atomic E-state index is 0.109. The predicted octanol–water partition coefficient (Wildman–Crippen LogP) is 0.0662. The Morgan fingerprint density at radius 2 is 1.92 bits per heavy atom. The van der Waals surface area contributed by atoms with Crippen molar-refractivity contribution < 1.29 is 14.6 Å². The third-order valence-corrected chi connectivity index (χ3v) is 1.82. The standard InChI is InChI=1S/C9H15NO3/c11-4-2-10(3-5-12)7-9-1-6-13-8-9/h1,6,8,11-12H,2-5,7H2. The van der Waals surface area contributed by atoms with Crippen LogP contribution in [-0.2, 0) is 6.54 Å². The summed E-state index contributed by atoms with van der Waals surface area (Å²) >= 11 is 0. The third-order valence-electron chi connectivity index (χ3n) is 1.82. The first-order valence-corrected chi connectivity index (χ1v) is 4.32. The molecule has 4 heteroatoms. The van der Waals surface area contributed by atoms with Crippen LogP contribution in [0.25, 0.3) is 0 Å². The third kappa shape index (κ3) is 3.59. The zero-order chi connectivity index (χ0) is 9.52. The molecule has 0 aliphatic rings. The van der Waals surface area contributed by atoms with Gasteiger partial charge in [0.05, 0.1) is 25.7 Å². The molecule has 0 aliphatic heterocycles. The zero-order valence-electron chi connectivity index (χ0n) is 7.52. The van der Waals surface area contributed by atoms with Gasteiger partial charge in [0.2, 0.25) is 0 Å². The molecule has 4 nitrogen and oxygen atoms in total. The largest absolute Gasteiger partial charge is 0.472 e. The Labute approximate surface area is 77.4 Å². The number of nitrogens with zero attached hydrogens (tertiary/aromatic N) is 1. The van der Waals surface area contributed by atoms with Crippen LogP contribution in [0.15, 0.2) is 23.0 Å². The van der Waals surface area contributed by atoms with E-state index in [0.29, 0.717) is 19.6 Å². The van der Waals surface area contributed by atoms with Gasteiger partial charge in [0.25, 0.3) is 0 Å². The highest BCUT2D eigenvalue weighted by Gasteiger charge is 2.04. The van der Waals surface area contributed by atoms with E-state index in [2.05, 4.69) is 0 Å². The SMILES string of the molecule is OCCN(CCO)Cc1ccoc1. The Morgan fingerprint density at radius 1 is 1.23 bits per heavy atom. The molecule has 0 fully saturated rings. The van der Waals surface area contributed by atoms with Gasteiger partial charge in [-0.15, -0.1) is 0 Å². The van der Waals surface area contributed by atoms with Crippen LogP contribution in [0.3, 0.4) is 0 Å². The average molecular weight is 185 g/mol. The van der Waals surface area contributed by atoms with Crippen LogP contribution in [0.2, 0.25) is 0 Å². The summed E-state index contributed by atoms with van der Waals surface area (Å²) in [5.74, 6) is 0. The molecular formula is C9H15NO3. The van der Waals surface area contributed by atoms with Gasteiger partial charge in [0, 0.05) is 25.2 Å². The molecule has 0 saturated carbocycles. The maximum absolute atomic E-state index is 8.75. The van der Waals surface area contributed by atoms with E-state index in [0.717, 1.165) is 5.56 Å². The molecule has 13 heavy (non-hydrogen) atoms. The Morgan fingerprint density at radius 3 is 2.38 bits per heavy atom. The van der Waals surface area contributed by atoms with Gasteiger partial charge >= 0.3 is 0 Å². The van der Waals surface area contributed by atoms with Crippen LogP contribution in [0.5, 0.6) is 0 Å². The molecule has 0 bridgehead atoms. The van der Waals surface area contributed by atoms with E-state index >= 15 is 0 Å². The molecule has 1 aromatic rings. The summed E-state index contributed by atoms with van der Waals surface area (Å²) in [6.45, 7) is 2.07. The first-order chi connectivity index (χ1) is 6.36. The lowest BCUT2D eigenvalue weighted by Crippen LogP contribution is -2.29. The van der Waals surface area contributed by atoms with E-state index in [4.69, 9.17) is 14.6 Å². The molecule has 1 aromatic heterocycles. The van der Waals surface area contributed by atoms with Crippen molar-refractivity contribution in [1.29, 1.82) is 0 Å². The average Bonchev–Trinajstić information content (AvgIpc) is 2.58. The van der Waals surface area contributed by atoms with Gasteiger partial charge in [0.15, 0.2) is 0 Å². The minimum Gasteiger partial charge on any atom is -0.472 e. The van der Waals surface area contributed by atoms with Crippen molar-refractivity contribution in [2.75, 3.05) is 26.3 Å². The highest BCUT2D eigenvalue weighted by molar-refractivity contribution is 5.04. The van der Waals surface area contributed by atoms with Crippen molar-refractivity contribution in [3.63, 3.8) is 0 Å². The molecule has 2 N–H and O–H groups in total. The van der Waals surface area contributed by atoms with Crippen molar-refractivity contribution >= 4 is 0 Å². The van der Waals surface area contributed by atoms with E-state index < -0.39 is 0 Å². The number of furan rings is 1. The van der Waals surface area contributed by atoms with Crippen LogP contribution in [0.1, 0.15) is 5.56 Å². The van der Waals surface area contributed by atoms with Crippen LogP contribution >= 0.6 is 0 Å². The Kier molecular flexibility index (Phi) is 4.53. The summed E-state index contributed by atoms with van der Waals surface area (Å²) in [6, 6.07) is 1.88. The van der Waals surface area contributed by atoms with E-state index in [1.165, 1.54) is 0 Å². The van der Waals surface area contributed by atoms with Crippen LogP contribution in [-0.4, -0.2) is 41.4 Å². The Hall–Kier alpha value is -0.840. The van der Waals surface area contributed by atoms with Gasteiger partial charge in [-0.2, -0.15) is 0 Å². The summed E-state index contributed by atoms with van der Waals surface area (Å²) in [4.78, 5) is 1.96. The molecule has 1 heterocycles. The van der Waals surface area contributed by atoms with Crippen LogP contribution in [0.4, 0.5) is 0 Å². The highest BCUT2D eigenvalue weighted by Crippen LogP contribution is 2.04. The van der Waals surface area contributed by atoms with E-state index in [1.54, 1.807) is 12.5 Å². The second-order valence-corrected chi connectivity index (χ2v) is 2.85. The lowest BCUT2D eigenvalue weighted by molar-refractivity contribution is 0.155. The molecule has 0 saturated heterocycles. The lowest BCUT2D eigenvalue weighted by atomic mass is 10.3. The van der Waals surface area contributed by atoms with Gasteiger partial charge < -0.3 is 14.6 Å². The summed E-state index contributed by atoms with van der Waals surface area (Å²) in [7, 11) is 0. The Bertz CT molecular complexity index is 205. The monoisotopic (exact) mass is 185 g/mol. The molecule has 0 amide bonds. The molecule has 0 spiro atoms. The zero-order valence-corrected chi connectivity index (χ0v) is 7.52. The van der Waals surface area contributed by atoms with Crippen molar-refractivity contribution in [2.24, 2.45) is 0 Å². The molecule has 0 radical (unpaired) electrons. The van der Waals surface area contributed by atoms with Crippen molar-refractivity contribution in [3.8, 4) is 0 Å². The quantitative estimate of drug-likeness (QED) is 0.658. The maximum atomic E-state index is 8.75. The fraction of sp³-hybridized carbons (Fsp3) is 0.556. The summed E-state index contributed by atoms with van der Waals surface area (Å²) in [5.41, 5.74) is 1.06. The van der Waals surface area contributed by atoms with Crippen LogP contribution < -0.4 is 0 Å². The minimum absolute atomic E-state index is 0.109. The van der Waals surface area contributed by atoms with Gasteiger partial charge in [-0.05, 0) is 6.07 Å². The van der Waals surface area contributed by atoms with Crippen molar-refractivity contribution in [1.82, 2.24) is 4.90 Å². The second kappa shape index (κ2) is 5.75. The summed E-state index contributed by atoms with van der Waals surface area (Å²) < 4.78 is 4.92.